The van der Waals surface area contributed by atoms with E-state index in [-0.39, 0.29) is 17.1 Å². The maximum absolute atomic E-state index is 12.9. The highest BCUT2D eigenvalue weighted by molar-refractivity contribution is 8.00. The first kappa shape index (κ1) is 21.2. The Morgan fingerprint density at radius 2 is 1.68 bits per heavy atom. The van der Waals surface area contributed by atoms with Gasteiger partial charge < -0.3 is 10.6 Å². The lowest BCUT2D eigenvalue weighted by atomic mass is 10.1. The average molecular weight is 447 g/mol. The van der Waals surface area contributed by atoms with Gasteiger partial charge in [0.05, 0.1) is 10.1 Å². The fraction of sp³-hybridized carbons (Fsp3) is 0.120. The normalized spacial score (nSPS) is 11.8. The molecule has 0 aliphatic rings. The molecule has 6 heteroatoms. The second-order valence-electron chi connectivity index (χ2n) is 7.03. The lowest BCUT2D eigenvalue weighted by Gasteiger charge is -2.16. The molecule has 4 aromatic rings. The molecule has 0 aliphatic heterocycles. The van der Waals surface area contributed by atoms with Crippen LogP contribution >= 0.6 is 23.1 Å². The van der Waals surface area contributed by atoms with Gasteiger partial charge in [-0.2, -0.15) is 0 Å². The quantitative estimate of drug-likeness (QED) is 0.312. The van der Waals surface area contributed by atoms with E-state index in [4.69, 9.17) is 0 Å². The molecule has 4 nitrogen and oxygen atoms in total. The zero-order valence-corrected chi connectivity index (χ0v) is 18.6. The summed E-state index contributed by atoms with van der Waals surface area (Å²) in [6, 6.07) is 25.3. The molecule has 1 heterocycles. The van der Waals surface area contributed by atoms with E-state index in [0.717, 1.165) is 21.4 Å². The molecule has 0 bridgehead atoms. The third-order valence-electron chi connectivity index (χ3n) is 4.80. The van der Waals surface area contributed by atoms with Gasteiger partial charge in [-0.1, -0.05) is 49.4 Å². The summed E-state index contributed by atoms with van der Waals surface area (Å²) in [5.41, 5.74) is 1.51. The number of amides is 2. The molecule has 4 rings (SSSR count). The van der Waals surface area contributed by atoms with Gasteiger partial charge in [-0.25, -0.2) is 0 Å². The number of hydrogen-bond donors (Lipinski definition) is 2. The third kappa shape index (κ3) is 5.34. The van der Waals surface area contributed by atoms with Gasteiger partial charge in [0.2, 0.25) is 5.91 Å². The average Bonchev–Trinajstić information content (AvgIpc) is 3.33. The van der Waals surface area contributed by atoms with E-state index in [2.05, 4.69) is 16.7 Å². The lowest BCUT2D eigenvalue weighted by molar-refractivity contribution is -0.115. The molecule has 2 N–H and O–H groups in total. The van der Waals surface area contributed by atoms with Crippen LogP contribution in [-0.2, 0) is 4.79 Å². The Bertz CT molecular complexity index is 1210. The number of rotatable bonds is 7. The molecule has 31 heavy (non-hydrogen) atoms. The SMILES string of the molecule is CCC(Sc1cccc(NC(=O)c2cccs2)c1)C(=O)Nc1ccc2ccccc2c1. The van der Waals surface area contributed by atoms with E-state index >= 15 is 0 Å². The molecule has 3 aromatic carbocycles. The fourth-order valence-corrected chi connectivity index (χ4v) is 4.86. The smallest absolute Gasteiger partial charge is 0.265 e. The molecule has 1 atom stereocenters. The van der Waals surface area contributed by atoms with Crippen molar-refractivity contribution >= 4 is 57.1 Å². The molecule has 1 unspecified atom stereocenters. The molecular weight excluding hydrogens is 424 g/mol. The highest BCUT2D eigenvalue weighted by Crippen LogP contribution is 2.29. The van der Waals surface area contributed by atoms with Crippen molar-refractivity contribution in [2.24, 2.45) is 0 Å². The summed E-state index contributed by atoms with van der Waals surface area (Å²) in [6.07, 6.45) is 0.690. The molecular formula is C25H22N2O2S2. The van der Waals surface area contributed by atoms with Crippen molar-refractivity contribution in [1.82, 2.24) is 0 Å². The van der Waals surface area contributed by atoms with Crippen molar-refractivity contribution in [3.05, 3.63) is 89.1 Å². The largest absolute Gasteiger partial charge is 0.325 e. The van der Waals surface area contributed by atoms with Crippen molar-refractivity contribution in [2.45, 2.75) is 23.5 Å². The Balaban J connectivity index is 1.43. The van der Waals surface area contributed by atoms with Crippen LogP contribution in [0.25, 0.3) is 10.8 Å². The van der Waals surface area contributed by atoms with E-state index in [1.54, 1.807) is 6.07 Å². The molecule has 0 spiro atoms. The van der Waals surface area contributed by atoms with Gasteiger partial charge in [-0.3, -0.25) is 9.59 Å². The van der Waals surface area contributed by atoms with Crippen LogP contribution in [0, 0.1) is 0 Å². The van der Waals surface area contributed by atoms with Gasteiger partial charge >= 0.3 is 0 Å². The van der Waals surface area contributed by atoms with Crippen LogP contribution in [0.15, 0.2) is 89.1 Å². The van der Waals surface area contributed by atoms with Crippen LogP contribution in [0.1, 0.15) is 23.0 Å². The Morgan fingerprint density at radius 3 is 2.45 bits per heavy atom. The van der Waals surface area contributed by atoms with Gasteiger partial charge in [-0.15, -0.1) is 23.1 Å². The van der Waals surface area contributed by atoms with Crippen molar-refractivity contribution in [3.8, 4) is 0 Å². The predicted molar refractivity (Wildman–Crippen MR) is 131 cm³/mol. The second-order valence-corrected chi connectivity index (χ2v) is 9.25. The number of thioether (sulfide) groups is 1. The molecule has 0 saturated carbocycles. The number of thiophene rings is 1. The monoisotopic (exact) mass is 446 g/mol. The highest BCUT2D eigenvalue weighted by atomic mass is 32.2. The zero-order chi connectivity index (χ0) is 21.6. The van der Waals surface area contributed by atoms with Crippen LogP contribution in [0.2, 0.25) is 0 Å². The van der Waals surface area contributed by atoms with Crippen molar-refractivity contribution in [1.29, 1.82) is 0 Å². The maximum atomic E-state index is 12.9. The van der Waals surface area contributed by atoms with Gasteiger partial charge in [0.25, 0.3) is 5.91 Å². The lowest BCUT2D eigenvalue weighted by Crippen LogP contribution is -2.24. The van der Waals surface area contributed by atoms with E-state index in [1.165, 1.54) is 23.1 Å². The Labute approximate surface area is 189 Å². The summed E-state index contributed by atoms with van der Waals surface area (Å²) in [4.78, 5) is 26.8. The van der Waals surface area contributed by atoms with E-state index < -0.39 is 0 Å². The summed E-state index contributed by atoms with van der Waals surface area (Å²) >= 11 is 2.90. The second kappa shape index (κ2) is 9.81. The molecule has 1 aromatic heterocycles. The minimum Gasteiger partial charge on any atom is -0.325 e. The maximum Gasteiger partial charge on any atom is 0.265 e. The van der Waals surface area contributed by atoms with Crippen LogP contribution < -0.4 is 10.6 Å². The number of anilines is 2. The first-order valence-electron chi connectivity index (χ1n) is 10.0. The zero-order valence-electron chi connectivity index (χ0n) is 17.0. The predicted octanol–water partition coefficient (Wildman–Crippen LogP) is 6.66. The van der Waals surface area contributed by atoms with Crippen LogP contribution in [-0.4, -0.2) is 17.1 Å². The van der Waals surface area contributed by atoms with Gasteiger partial charge in [0.15, 0.2) is 0 Å². The van der Waals surface area contributed by atoms with Crippen molar-refractivity contribution in [3.63, 3.8) is 0 Å². The minimum atomic E-state index is -0.241. The summed E-state index contributed by atoms with van der Waals surface area (Å²) in [5, 5.41) is 9.83. The third-order valence-corrected chi connectivity index (χ3v) is 7.02. The first-order chi connectivity index (χ1) is 15.1. The summed E-state index contributed by atoms with van der Waals surface area (Å²) in [6.45, 7) is 2.00. The Morgan fingerprint density at radius 1 is 0.871 bits per heavy atom. The Hall–Kier alpha value is -3.09. The standard InChI is InChI=1S/C25H22N2O2S2/c1-2-22(24(28)27-20-13-12-17-7-3-4-8-18(17)15-20)31-21-10-5-9-19(16-21)26-25(29)23-11-6-14-30-23/h3-16,22H,2H2,1H3,(H,26,29)(H,27,28). The molecule has 0 saturated heterocycles. The number of carbonyl (C=O) groups is 2. The van der Waals surface area contributed by atoms with E-state index in [0.29, 0.717) is 17.0 Å². The first-order valence-corrected chi connectivity index (χ1v) is 11.8. The molecule has 0 radical (unpaired) electrons. The molecule has 0 fully saturated rings. The van der Waals surface area contributed by atoms with E-state index in [1.807, 2.05) is 79.0 Å². The Kier molecular flexibility index (Phi) is 6.70. The molecule has 2 amide bonds. The molecule has 0 aliphatic carbocycles. The number of nitrogens with one attached hydrogen (secondary N) is 2. The van der Waals surface area contributed by atoms with E-state index in [9.17, 15) is 9.59 Å². The van der Waals surface area contributed by atoms with Crippen molar-refractivity contribution < 1.29 is 9.59 Å². The summed E-state index contributed by atoms with van der Waals surface area (Å²) < 4.78 is 0. The van der Waals surface area contributed by atoms with Gasteiger partial charge in [-0.05, 0) is 59.0 Å². The molecule has 156 valence electrons. The topological polar surface area (TPSA) is 58.2 Å². The van der Waals surface area contributed by atoms with Crippen LogP contribution in [0.4, 0.5) is 11.4 Å². The fourth-order valence-electron chi connectivity index (χ4n) is 3.22. The number of benzene rings is 3. The summed E-state index contributed by atoms with van der Waals surface area (Å²) in [5.74, 6) is -0.158. The van der Waals surface area contributed by atoms with Gasteiger partial charge in [0.1, 0.15) is 0 Å². The summed E-state index contributed by atoms with van der Waals surface area (Å²) in [7, 11) is 0. The van der Waals surface area contributed by atoms with Crippen LogP contribution in [0.5, 0.6) is 0 Å². The van der Waals surface area contributed by atoms with Gasteiger partial charge in [0, 0.05) is 16.3 Å². The number of fused-ring (bicyclic) bond motifs is 1. The number of hydrogen-bond acceptors (Lipinski definition) is 4. The van der Waals surface area contributed by atoms with Crippen LogP contribution in [0.3, 0.4) is 0 Å². The van der Waals surface area contributed by atoms with Crippen molar-refractivity contribution in [2.75, 3.05) is 10.6 Å². The minimum absolute atomic E-state index is 0.0317. The highest BCUT2D eigenvalue weighted by Gasteiger charge is 2.18. The number of carbonyl (C=O) groups excluding carboxylic acids is 2.